The van der Waals surface area contributed by atoms with E-state index in [0.29, 0.717) is 17.1 Å². The number of hydrogen-bond donors (Lipinski definition) is 2. The molecule has 122 valence electrons. The van der Waals surface area contributed by atoms with Crippen LogP contribution in [0.25, 0.3) is 16.9 Å². The number of aryl methyl sites for hydroxylation is 1. The molecule has 0 unspecified atom stereocenters. The lowest BCUT2D eigenvalue weighted by molar-refractivity contribution is -0.136. The van der Waals surface area contributed by atoms with Crippen LogP contribution >= 0.6 is 11.6 Å². The van der Waals surface area contributed by atoms with Crippen LogP contribution < -0.4 is 0 Å². The summed E-state index contributed by atoms with van der Waals surface area (Å²) in [4.78, 5) is 10.9. The summed E-state index contributed by atoms with van der Waals surface area (Å²) >= 11 is 5.96. The van der Waals surface area contributed by atoms with E-state index in [-0.39, 0.29) is 12.2 Å². The maximum atomic E-state index is 10.9. The number of para-hydroxylation sites is 2. The molecule has 0 fully saturated rings. The topological polar surface area (TPSA) is 62.5 Å². The largest absolute Gasteiger partial charge is 0.506 e. The molecule has 5 heteroatoms. The number of phenolic OH excluding ortho intramolecular Hbond substituents is 1. The van der Waals surface area contributed by atoms with Crippen molar-refractivity contribution >= 4 is 17.6 Å². The zero-order chi connectivity index (χ0) is 17.1. The average molecular weight is 342 g/mol. The molecule has 2 aromatic carbocycles. The fourth-order valence-corrected chi connectivity index (χ4v) is 2.82. The Balaban J connectivity index is 2.14. The number of aromatic hydroxyl groups is 1. The third kappa shape index (κ3) is 3.29. The predicted molar refractivity (Wildman–Crippen MR) is 93.8 cm³/mol. The van der Waals surface area contributed by atoms with E-state index in [9.17, 15) is 9.90 Å². The lowest BCUT2D eigenvalue weighted by Crippen LogP contribution is -2.05. The highest BCUT2D eigenvalue weighted by atomic mass is 35.5. The normalized spacial score (nSPS) is 10.7. The molecular formula is C19H16ClNO3. The van der Waals surface area contributed by atoms with E-state index < -0.39 is 5.97 Å². The van der Waals surface area contributed by atoms with Gasteiger partial charge in [-0.25, -0.2) is 0 Å². The van der Waals surface area contributed by atoms with E-state index in [0.717, 1.165) is 17.0 Å². The number of aromatic nitrogens is 1. The van der Waals surface area contributed by atoms with E-state index in [1.807, 2.05) is 34.9 Å². The van der Waals surface area contributed by atoms with Gasteiger partial charge in [0.05, 0.1) is 17.8 Å². The second-order valence-corrected chi connectivity index (χ2v) is 5.87. The smallest absolute Gasteiger partial charge is 0.303 e. The molecule has 0 aliphatic carbocycles. The fraction of sp³-hybridized carbons (Fsp3) is 0.105. The lowest BCUT2D eigenvalue weighted by atomic mass is 10.1. The van der Waals surface area contributed by atoms with E-state index in [1.165, 1.54) is 0 Å². The molecule has 0 amide bonds. The molecule has 2 N–H and O–H groups in total. The molecule has 0 aliphatic heterocycles. The van der Waals surface area contributed by atoms with Gasteiger partial charge in [-0.1, -0.05) is 35.9 Å². The SMILES string of the molecule is O=C(O)CCc1ccc(-c2ccc(Cl)cc2)n1-c1ccccc1O. The fourth-order valence-electron chi connectivity index (χ4n) is 2.69. The van der Waals surface area contributed by atoms with Gasteiger partial charge in [0.2, 0.25) is 0 Å². The molecule has 0 aliphatic rings. The van der Waals surface area contributed by atoms with Crippen molar-refractivity contribution < 1.29 is 15.0 Å². The number of rotatable bonds is 5. The molecular weight excluding hydrogens is 326 g/mol. The van der Waals surface area contributed by atoms with Gasteiger partial charge >= 0.3 is 5.97 Å². The highest BCUT2D eigenvalue weighted by Gasteiger charge is 2.15. The Morgan fingerprint density at radius 3 is 2.38 bits per heavy atom. The van der Waals surface area contributed by atoms with Crippen LogP contribution in [0.2, 0.25) is 5.02 Å². The number of benzene rings is 2. The molecule has 1 heterocycles. The minimum absolute atomic E-state index is 0.0255. The van der Waals surface area contributed by atoms with E-state index >= 15 is 0 Å². The van der Waals surface area contributed by atoms with Gasteiger partial charge in [-0.15, -0.1) is 0 Å². The maximum Gasteiger partial charge on any atom is 0.303 e. The second-order valence-electron chi connectivity index (χ2n) is 5.43. The standard InChI is InChI=1S/C19H16ClNO3/c20-14-7-5-13(6-8-14)16-11-9-15(10-12-19(23)24)21(16)17-3-1-2-4-18(17)22/h1-9,11,22H,10,12H2,(H,23,24). The van der Waals surface area contributed by atoms with Crippen LogP contribution in [-0.4, -0.2) is 20.7 Å². The summed E-state index contributed by atoms with van der Waals surface area (Å²) < 4.78 is 1.89. The summed E-state index contributed by atoms with van der Waals surface area (Å²) in [5.74, 6) is -0.714. The Bertz CT molecular complexity index is 869. The van der Waals surface area contributed by atoms with Crippen molar-refractivity contribution in [1.29, 1.82) is 0 Å². The zero-order valence-corrected chi connectivity index (χ0v) is 13.6. The summed E-state index contributed by atoms with van der Waals surface area (Å²) in [6.07, 6.45) is 0.398. The summed E-state index contributed by atoms with van der Waals surface area (Å²) in [7, 11) is 0. The highest BCUT2D eigenvalue weighted by Crippen LogP contribution is 2.32. The summed E-state index contributed by atoms with van der Waals surface area (Å²) in [5.41, 5.74) is 3.24. The van der Waals surface area contributed by atoms with Crippen LogP contribution in [0, 0.1) is 0 Å². The van der Waals surface area contributed by atoms with Crippen molar-refractivity contribution in [2.45, 2.75) is 12.8 Å². The van der Waals surface area contributed by atoms with Crippen LogP contribution in [-0.2, 0) is 11.2 Å². The number of carboxylic acids is 1. The van der Waals surface area contributed by atoms with Crippen molar-refractivity contribution in [1.82, 2.24) is 4.57 Å². The van der Waals surface area contributed by atoms with Crippen LogP contribution in [0.5, 0.6) is 5.75 Å². The van der Waals surface area contributed by atoms with E-state index in [4.69, 9.17) is 16.7 Å². The van der Waals surface area contributed by atoms with Gasteiger partial charge < -0.3 is 14.8 Å². The third-order valence-corrected chi connectivity index (χ3v) is 4.07. The quantitative estimate of drug-likeness (QED) is 0.717. The first-order chi connectivity index (χ1) is 11.6. The minimum Gasteiger partial charge on any atom is -0.506 e. The Morgan fingerprint density at radius 2 is 1.71 bits per heavy atom. The molecule has 0 bridgehead atoms. The van der Waals surface area contributed by atoms with Gasteiger partial charge in [0.1, 0.15) is 5.75 Å². The first-order valence-electron chi connectivity index (χ1n) is 7.53. The molecule has 3 aromatic rings. The number of nitrogens with zero attached hydrogens (tertiary/aromatic N) is 1. The van der Waals surface area contributed by atoms with Gasteiger partial charge in [0, 0.05) is 10.7 Å². The molecule has 0 radical (unpaired) electrons. The number of carboxylic acid groups (broad SMARTS) is 1. The highest BCUT2D eigenvalue weighted by molar-refractivity contribution is 6.30. The van der Waals surface area contributed by atoms with Crippen molar-refractivity contribution in [3.8, 4) is 22.7 Å². The third-order valence-electron chi connectivity index (χ3n) is 3.82. The molecule has 24 heavy (non-hydrogen) atoms. The summed E-state index contributed by atoms with van der Waals surface area (Å²) in [5, 5.41) is 19.9. The molecule has 0 spiro atoms. The number of hydrogen-bond acceptors (Lipinski definition) is 2. The maximum absolute atomic E-state index is 10.9. The van der Waals surface area contributed by atoms with Gasteiger partial charge in [0.25, 0.3) is 0 Å². The van der Waals surface area contributed by atoms with Crippen LogP contribution in [0.3, 0.4) is 0 Å². The molecule has 0 saturated carbocycles. The van der Waals surface area contributed by atoms with E-state index in [2.05, 4.69) is 0 Å². The van der Waals surface area contributed by atoms with Gasteiger partial charge in [-0.2, -0.15) is 0 Å². The number of halogens is 1. The summed E-state index contributed by atoms with van der Waals surface area (Å²) in [6.45, 7) is 0. The van der Waals surface area contributed by atoms with Crippen LogP contribution in [0.4, 0.5) is 0 Å². The lowest BCUT2D eigenvalue weighted by Gasteiger charge is -2.15. The van der Waals surface area contributed by atoms with E-state index in [1.54, 1.807) is 30.3 Å². The first-order valence-corrected chi connectivity index (χ1v) is 7.91. The Kier molecular flexibility index (Phi) is 4.58. The van der Waals surface area contributed by atoms with Gasteiger partial charge in [-0.3, -0.25) is 4.79 Å². The van der Waals surface area contributed by atoms with Crippen molar-refractivity contribution in [2.24, 2.45) is 0 Å². The first kappa shape index (κ1) is 16.1. The summed E-state index contributed by atoms with van der Waals surface area (Å²) in [6, 6.07) is 18.2. The molecule has 0 saturated heterocycles. The average Bonchev–Trinajstić information content (AvgIpc) is 2.98. The number of phenols is 1. The zero-order valence-electron chi connectivity index (χ0n) is 12.8. The monoisotopic (exact) mass is 341 g/mol. The van der Waals surface area contributed by atoms with Gasteiger partial charge in [0.15, 0.2) is 0 Å². The van der Waals surface area contributed by atoms with Crippen LogP contribution in [0.1, 0.15) is 12.1 Å². The van der Waals surface area contributed by atoms with Crippen LogP contribution in [0.15, 0.2) is 60.7 Å². The Hall–Kier alpha value is -2.72. The number of aliphatic carboxylic acids is 1. The minimum atomic E-state index is -0.854. The predicted octanol–water partition coefficient (Wildman–Crippen LogP) is 4.52. The Morgan fingerprint density at radius 1 is 1.00 bits per heavy atom. The molecule has 0 atom stereocenters. The van der Waals surface area contributed by atoms with Gasteiger partial charge in [-0.05, 0) is 48.4 Å². The second kappa shape index (κ2) is 6.81. The van der Waals surface area contributed by atoms with Crippen molar-refractivity contribution in [3.63, 3.8) is 0 Å². The number of carbonyl (C=O) groups is 1. The Labute approximate surface area is 144 Å². The van der Waals surface area contributed by atoms with Crippen molar-refractivity contribution in [3.05, 3.63) is 71.4 Å². The molecule has 3 rings (SSSR count). The molecule has 4 nitrogen and oxygen atoms in total. The van der Waals surface area contributed by atoms with Crippen molar-refractivity contribution in [2.75, 3.05) is 0 Å². The molecule has 1 aromatic heterocycles.